The molecule has 2 rings (SSSR count). The van der Waals surface area contributed by atoms with Gasteiger partial charge in [-0.25, -0.2) is 0 Å². The molecule has 0 aliphatic heterocycles. The number of fused-ring (bicyclic) bond motifs is 1. The molecular formula is C20H27N5O6. The van der Waals surface area contributed by atoms with E-state index >= 15 is 0 Å². The van der Waals surface area contributed by atoms with E-state index in [1.165, 1.54) is 13.8 Å². The van der Waals surface area contributed by atoms with Crippen LogP contribution in [-0.2, 0) is 25.6 Å². The van der Waals surface area contributed by atoms with E-state index in [0.717, 1.165) is 16.5 Å². The van der Waals surface area contributed by atoms with Crippen LogP contribution in [0.1, 0.15) is 19.4 Å². The molecule has 31 heavy (non-hydrogen) atoms. The lowest BCUT2D eigenvalue weighted by atomic mass is 10.0. The molecule has 11 heteroatoms. The van der Waals surface area contributed by atoms with Crippen molar-refractivity contribution in [1.82, 2.24) is 20.9 Å². The van der Waals surface area contributed by atoms with Crippen LogP contribution >= 0.6 is 0 Å². The largest absolute Gasteiger partial charge is 0.480 e. The summed E-state index contributed by atoms with van der Waals surface area (Å²) < 4.78 is 0. The van der Waals surface area contributed by atoms with Crippen LogP contribution in [0.5, 0.6) is 0 Å². The van der Waals surface area contributed by atoms with E-state index in [2.05, 4.69) is 20.9 Å². The molecular weight excluding hydrogens is 406 g/mol. The zero-order chi connectivity index (χ0) is 23.1. The van der Waals surface area contributed by atoms with E-state index in [1.54, 1.807) is 6.20 Å². The minimum absolute atomic E-state index is 0.248. The van der Waals surface area contributed by atoms with Crippen molar-refractivity contribution in [2.45, 2.75) is 44.5 Å². The van der Waals surface area contributed by atoms with Crippen molar-refractivity contribution in [1.29, 1.82) is 0 Å². The van der Waals surface area contributed by atoms with Crippen molar-refractivity contribution in [3.05, 3.63) is 36.0 Å². The Kier molecular flexibility index (Phi) is 8.11. The summed E-state index contributed by atoms with van der Waals surface area (Å²) in [6, 6.07) is 4.23. The highest BCUT2D eigenvalue weighted by Crippen LogP contribution is 2.18. The van der Waals surface area contributed by atoms with E-state index in [-0.39, 0.29) is 6.42 Å². The van der Waals surface area contributed by atoms with Crippen LogP contribution in [0.3, 0.4) is 0 Å². The number of nitrogens with two attached hydrogens (primary N) is 1. The number of para-hydroxylation sites is 1. The number of aromatic amines is 1. The number of aromatic nitrogens is 1. The van der Waals surface area contributed by atoms with Crippen LogP contribution in [0, 0.1) is 0 Å². The fourth-order valence-electron chi connectivity index (χ4n) is 2.97. The molecule has 0 fully saturated rings. The molecule has 4 atom stereocenters. The number of carboxylic acids is 1. The summed E-state index contributed by atoms with van der Waals surface area (Å²) >= 11 is 0. The zero-order valence-electron chi connectivity index (χ0n) is 17.2. The van der Waals surface area contributed by atoms with Gasteiger partial charge in [0.15, 0.2) is 0 Å². The number of rotatable bonds is 10. The molecule has 0 aliphatic carbocycles. The average molecular weight is 433 g/mol. The third kappa shape index (κ3) is 6.52. The standard InChI is InChI=1S/C20H27N5O6/c1-10(18(29)25-17(11(2)26)20(31)23-9-16(27)28)24-19(30)14(21)7-12-8-22-15-6-4-3-5-13(12)15/h3-6,8,10-11,14,17,22,26H,7,9,21H2,1-2H3,(H,23,31)(H,24,30)(H,25,29)(H,27,28). The summed E-state index contributed by atoms with van der Waals surface area (Å²) in [5.74, 6) is -3.42. The van der Waals surface area contributed by atoms with Crippen molar-refractivity contribution in [2.24, 2.45) is 5.73 Å². The molecule has 0 saturated carbocycles. The van der Waals surface area contributed by atoms with Crippen molar-refractivity contribution in [2.75, 3.05) is 6.54 Å². The van der Waals surface area contributed by atoms with Gasteiger partial charge >= 0.3 is 5.97 Å². The van der Waals surface area contributed by atoms with E-state index < -0.39 is 54.5 Å². The van der Waals surface area contributed by atoms with E-state index in [1.807, 2.05) is 24.3 Å². The number of hydrogen-bond donors (Lipinski definition) is 7. The Morgan fingerprint density at radius 1 is 1.06 bits per heavy atom. The van der Waals surface area contributed by atoms with Crippen molar-refractivity contribution in [3.63, 3.8) is 0 Å². The number of hydrogen-bond acceptors (Lipinski definition) is 6. The lowest BCUT2D eigenvalue weighted by Gasteiger charge is -2.23. The number of nitrogens with one attached hydrogen (secondary N) is 4. The molecule has 0 bridgehead atoms. The lowest BCUT2D eigenvalue weighted by Crippen LogP contribution is -2.58. The van der Waals surface area contributed by atoms with Gasteiger partial charge in [-0.3, -0.25) is 19.2 Å². The van der Waals surface area contributed by atoms with Crippen LogP contribution in [-0.4, -0.2) is 69.7 Å². The highest BCUT2D eigenvalue weighted by Gasteiger charge is 2.29. The number of carbonyl (C=O) groups excluding carboxylic acids is 3. The molecule has 8 N–H and O–H groups in total. The van der Waals surface area contributed by atoms with Crippen LogP contribution in [0.4, 0.5) is 0 Å². The zero-order valence-corrected chi connectivity index (χ0v) is 17.2. The third-order valence-corrected chi connectivity index (χ3v) is 4.68. The average Bonchev–Trinajstić information content (AvgIpc) is 3.12. The first-order valence-corrected chi connectivity index (χ1v) is 9.69. The summed E-state index contributed by atoms with van der Waals surface area (Å²) in [5.41, 5.74) is 7.78. The summed E-state index contributed by atoms with van der Waals surface area (Å²) in [6.45, 7) is 2.01. The molecule has 1 heterocycles. The van der Waals surface area contributed by atoms with Gasteiger partial charge in [0, 0.05) is 17.1 Å². The quantitative estimate of drug-likeness (QED) is 0.240. The molecule has 3 amide bonds. The Bertz CT molecular complexity index is 956. The number of aliphatic hydroxyl groups excluding tert-OH is 1. The van der Waals surface area contributed by atoms with Gasteiger partial charge in [0.25, 0.3) is 0 Å². The first-order valence-electron chi connectivity index (χ1n) is 9.69. The molecule has 11 nitrogen and oxygen atoms in total. The minimum Gasteiger partial charge on any atom is -0.480 e. The van der Waals surface area contributed by atoms with Gasteiger partial charge in [-0.05, 0) is 31.9 Å². The maximum absolute atomic E-state index is 12.4. The summed E-state index contributed by atoms with van der Waals surface area (Å²) in [5, 5.41) is 26.2. The van der Waals surface area contributed by atoms with Gasteiger partial charge < -0.3 is 36.9 Å². The van der Waals surface area contributed by atoms with Gasteiger partial charge in [0.1, 0.15) is 18.6 Å². The van der Waals surface area contributed by atoms with Crippen molar-refractivity contribution in [3.8, 4) is 0 Å². The van der Waals surface area contributed by atoms with Crippen molar-refractivity contribution >= 4 is 34.6 Å². The van der Waals surface area contributed by atoms with E-state index in [9.17, 15) is 24.3 Å². The first kappa shape index (κ1) is 23.8. The number of aliphatic carboxylic acids is 1. The number of carbonyl (C=O) groups is 4. The summed E-state index contributed by atoms with van der Waals surface area (Å²) in [7, 11) is 0. The van der Waals surface area contributed by atoms with Crippen LogP contribution in [0.2, 0.25) is 0 Å². The Balaban J connectivity index is 1.93. The molecule has 4 unspecified atom stereocenters. The Morgan fingerprint density at radius 3 is 2.39 bits per heavy atom. The normalized spacial score (nSPS) is 14.8. The second kappa shape index (κ2) is 10.5. The monoisotopic (exact) mass is 433 g/mol. The predicted octanol–water partition coefficient (Wildman–Crippen LogP) is -1.39. The topological polar surface area (TPSA) is 187 Å². The number of amides is 3. The Morgan fingerprint density at radius 2 is 1.74 bits per heavy atom. The third-order valence-electron chi connectivity index (χ3n) is 4.68. The summed E-state index contributed by atoms with van der Waals surface area (Å²) in [4.78, 5) is 50.5. The van der Waals surface area contributed by atoms with Crippen molar-refractivity contribution < 1.29 is 29.4 Å². The van der Waals surface area contributed by atoms with Gasteiger partial charge in [-0.15, -0.1) is 0 Å². The molecule has 168 valence electrons. The van der Waals surface area contributed by atoms with Gasteiger partial charge in [0.05, 0.1) is 12.1 Å². The van der Waals surface area contributed by atoms with Crippen LogP contribution < -0.4 is 21.7 Å². The second-order valence-corrected chi connectivity index (χ2v) is 7.24. The highest BCUT2D eigenvalue weighted by molar-refractivity contribution is 5.94. The number of carboxylic acid groups (broad SMARTS) is 1. The smallest absolute Gasteiger partial charge is 0.322 e. The molecule has 0 radical (unpaired) electrons. The fraction of sp³-hybridized carbons (Fsp3) is 0.400. The maximum atomic E-state index is 12.4. The Hall–Kier alpha value is -3.44. The number of aliphatic hydroxyl groups is 1. The first-order chi connectivity index (χ1) is 14.6. The molecule has 1 aromatic carbocycles. The Labute approximate surface area is 178 Å². The number of H-pyrrole nitrogens is 1. The van der Waals surface area contributed by atoms with Gasteiger partial charge in [-0.1, -0.05) is 18.2 Å². The van der Waals surface area contributed by atoms with Gasteiger partial charge in [0.2, 0.25) is 17.7 Å². The molecule has 2 aromatic rings. The highest BCUT2D eigenvalue weighted by atomic mass is 16.4. The minimum atomic E-state index is -1.38. The fourth-order valence-corrected chi connectivity index (χ4v) is 2.97. The second-order valence-electron chi connectivity index (χ2n) is 7.24. The van der Waals surface area contributed by atoms with E-state index in [0.29, 0.717) is 0 Å². The maximum Gasteiger partial charge on any atom is 0.322 e. The summed E-state index contributed by atoms with van der Waals surface area (Å²) in [6.07, 6.45) is 0.736. The van der Waals surface area contributed by atoms with E-state index in [4.69, 9.17) is 10.8 Å². The molecule has 0 spiro atoms. The van der Waals surface area contributed by atoms with Gasteiger partial charge in [-0.2, -0.15) is 0 Å². The lowest BCUT2D eigenvalue weighted by molar-refractivity contribution is -0.139. The van der Waals surface area contributed by atoms with Crippen LogP contribution in [0.15, 0.2) is 30.5 Å². The molecule has 0 saturated heterocycles. The predicted molar refractivity (Wildman–Crippen MR) is 112 cm³/mol. The SMILES string of the molecule is CC(NC(=O)C(N)Cc1c[nH]c2ccccc12)C(=O)NC(C(=O)NCC(=O)O)C(C)O. The molecule has 0 aliphatic rings. The molecule has 1 aromatic heterocycles. The van der Waals surface area contributed by atoms with Crippen LogP contribution in [0.25, 0.3) is 10.9 Å². The number of benzene rings is 1.